The van der Waals surface area contributed by atoms with Gasteiger partial charge in [-0.05, 0) is 37.3 Å². The van der Waals surface area contributed by atoms with Gasteiger partial charge in [0.1, 0.15) is 5.75 Å². The van der Waals surface area contributed by atoms with Crippen LogP contribution >= 0.6 is 15.9 Å². The van der Waals surface area contributed by atoms with Crippen LogP contribution in [0.1, 0.15) is 12.5 Å². The second-order valence-electron chi connectivity index (χ2n) is 2.65. The van der Waals surface area contributed by atoms with Crippen LogP contribution in [0.25, 0.3) is 6.08 Å². The molecular formula is C10H9BrO2. The number of rotatable bonds is 2. The topological polar surface area (TPSA) is 37.3 Å². The van der Waals surface area contributed by atoms with Crippen LogP contribution in [0, 0.1) is 0 Å². The standard InChI is InChI=1S/C10H9BrO2/c1-7(12)2-3-8-6-9(11)4-5-10(8)13/h2-6,13H,1H3/b3-2+. The van der Waals surface area contributed by atoms with E-state index in [1.807, 2.05) is 0 Å². The second kappa shape index (κ2) is 4.23. The largest absolute Gasteiger partial charge is 0.507 e. The minimum Gasteiger partial charge on any atom is -0.507 e. The van der Waals surface area contributed by atoms with E-state index in [0.717, 1.165) is 4.47 Å². The van der Waals surface area contributed by atoms with E-state index in [2.05, 4.69) is 15.9 Å². The van der Waals surface area contributed by atoms with Gasteiger partial charge in [0.25, 0.3) is 0 Å². The second-order valence-corrected chi connectivity index (χ2v) is 3.56. The molecule has 0 aliphatic heterocycles. The third-order valence-corrected chi connectivity index (χ3v) is 1.98. The molecule has 0 radical (unpaired) electrons. The minimum absolute atomic E-state index is 0.0422. The van der Waals surface area contributed by atoms with Gasteiger partial charge in [-0.1, -0.05) is 15.9 Å². The minimum atomic E-state index is -0.0422. The molecule has 0 atom stereocenters. The van der Waals surface area contributed by atoms with Crippen molar-refractivity contribution in [2.24, 2.45) is 0 Å². The van der Waals surface area contributed by atoms with Crippen LogP contribution < -0.4 is 0 Å². The summed E-state index contributed by atoms with van der Waals surface area (Å²) in [5, 5.41) is 9.36. The monoisotopic (exact) mass is 240 g/mol. The molecule has 0 aliphatic carbocycles. The number of hydrogen-bond acceptors (Lipinski definition) is 2. The average molecular weight is 241 g/mol. The Morgan fingerprint density at radius 1 is 1.54 bits per heavy atom. The van der Waals surface area contributed by atoms with E-state index in [1.54, 1.807) is 24.3 Å². The molecule has 1 aromatic rings. The van der Waals surface area contributed by atoms with E-state index in [-0.39, 0.29) is 11.5 Å². The van der Waals surface area contributed by atoms with Gasteiger partial charge in [-0.2, -0.15) is 0 Å². The molecule has 0 amide bonds. The molecule has 13 heavy (non-hydrogen) atoms. The number of phenols is 1. The van der Waals surface area contributed by atoms with Crippen LogP contribution in [0.3, 0.4) is 0 Å². The number of carbonyl (C=O) groups excluding carboxylic acids is 1. The van der Waals surface area contributed by atoms with Crippen molar-refractivity contribution in [2.45, 2.75) is 6.92 Å². The average Bonchev–Trinajstić information content (AvgIpc) is 2.06. The summed E-state index contributed by atoms with van der Waals surface area (Å²) in [7, 11) is 0. The number of allylic oxidation sites excluding steroid dienone is 1. The Labute approximate surface area is 85.0 Å². The lowest BCUT2D eigenvalue weighted by molar-refractivity contribution is -0.112. The number of aromatic hydroxyl groups is 1. The lowest BCUT2D eigenvalue weighted by atomic mass is 10.2. The Bertz CT molecular complexity index is 356. The van der Waals surface area contributed by atoms with Gasteiger partial charge < -0.3 is 5.11 Å². The summed E-state index contributed by atoms with van der Waals surface area (Å²) >= 11 is 3.27. The molecule has 0 saturated heterocycles. The number of hydrogen-bond donors (Lipinski definition) is 1. The number of benzene rings is 1. The Balaban J connectivity index is 3.00. The summed E-state index contributed by atoms with van der Waals surface area (Å²) in [5.41, 5.74) is 0.629. The Hall–Kier alpha value is -1.09. The zero-order valence-corrected chi connectivity index (χ0v) is 8.71. The molecular weight excluding hydrogens is 232 g/mol. The first-order chi connectivity index (χ1) is 6.09. The highest BCUT2D eigenvalue weighted by Gasteiger charge is 1.97. The highest BCUT2D eigenvalue weighted by Crippen LogP contribution is 2.22. The maximum atomic E-state index is 10.6. The highest BCUT2D eigenvalue weighted by molar-refractivity contribution is 9.10. The zero-order chi connectivity index (χ0) is 9.84. The number of phenolic OH excluding ortho intramolecular Hbond substituents is 1. The molecule has 3 heteroatoms. The van der Waals surface area contributed by atoms with Crippen LogP contribution in [0.4, 0.5) is 0 Å². The predicted molar refractivity (Wildman–Crippen MR) is 55.5 cm³/mol. The summed E-state index contributed by atoms with van der Waals surface area (Å²) in [5.74, 6) is 0.125. The Kier molecular flexibility index (Phi) is 3.25. The Morgan fingerprint density at radius 3 is 2.85 bits per heavy atom. The van der Waals surface area contributed by atoms with Gasteiger partial charge in [0.05, 0.1) is 0 Å². The predicted octanol–water partition coefficient (Wildman–Crippen LogP) is 2.76. The van der Waals surface area contributed by atoms with Crippen molar-refractivity contribution in [2.75, 3.05) is 0 Å². The van der Waals surface area contributed by atoms with Crippen molar-refractivity contribution in [1.29, 1.82) is 0 Å². The van der Waals surface area contributed by atoms with Crippen molar-refractivity contribution >= 4 is 27.8 Å². The quantitative estimate of drug-likeness (QED) is 0.808. The van der Waals surface area contributed by atoms with Crippen LogP contribution in [0.2, 0.25) is 0 Å². The first-order valence-corrected chi connectivity index (χ1v) is 4.56. The molecule has 0 spiro atoms. The van der Waals surface area contributed by atoms with E-state index >= 15 is 0 Å². The van der Waals surface area contributed by atoms with Gasteiger partial charge in [-0.15, -0.1) is 0 Å². The molecule has 0 fully saturated rings. The first-order valence-electron chi connectivity index (χ1n) is 3.77. The molecule has 0 heterocycles. The van der Waals surface area contributed by atoms with Crippen LogP contribution in [-0.4, -0.2) is 10.9 Å². The van der Waals surface area contributed by atoms with Gasteiger partial charge >= 0.3 is 0 Å². The van der Waals surface area contributed by atoms with Gasteiger partial charge in [0.15, 0.2) is 5.78 Å². The summed E-state index contributed by atoms with van der Waals surface area (Å²) in [6.45, 7) is 1.46. The number of halogens is 1. The summed E-state index contributed by atoms with van der Waals surface area (Å²) in [4.78, 5) is 10.6. The van der Waals surface area contributed by atoms with E-state index in [0.29, 0.717) is 5.56 Å². The lowest BCUT2D eigenvalue weighted by Gasteiger charge is -1.98. The van der Waals surface area contributed by atoms with Crippen molar-refractivity contribution in [3.8, 4) is 5.75 Å². The van der Waals surface area contributed by atoms with E-state index < -0.39 is 0 Å². The fourth-order valence-corrected chi connectivity index (χ4v) is 1.24. The summed E-state index contributed by atoms with van der Waals surface area (Å²) in [6.07, 6.45) is 3.00. The molecule has 0 unspecified atom stereocenters. The summed E-state index contributed by atoms with van der Waals surface area (Å²) < 4.78 is 0.869. The van der Waals surface area contributed by atoms with Gasteiger partial charge in [-0.3, -0.25) is 4.79 Å². The number of carbonyl (C=O) groups is 1. The molecule has 1 N–H and O–H groups in total. The lowest BCUT2D eigenvalue weighted by Crippen LogP contribution is -1.81. The third kappa shape index (κ3) is 3.03. The normalized spacial score (nSPS) is 10.6. The molecule has 1 aromatic carbocycles. The van der Waals surface area contributed by atoms with Crippen molar-refractivity contribution < 1.29 is 9.90 Å². The van der Waals surface area contributed by atoms with Gasteiger partial charge in [0, 0.05) is 10.0 Å². The molecule has 2 nitrogen and oxygen atoms in total. The Morgan fingerprint density at radius 2 is 2.23 bits per heavy atom. The fourth-order valence-electron chi connectivity index (χ4n) is 0.866. The van der Waals surface area contributed by atoms with E-state index in [9.17, 15) is 9.90 Å². The van der Waals surface area contributed by atoms with Crippen molar-refractivity contribution in [3.63, 3.8) is 0 Å². The van der Waals surface area contributed by atoms with E-state index in [4.69, 9.17) is 0 Å². The van der Waals surface area contributed by atoms with Crippen LogP contribution in [0.5, 0.6) is 5.75 Å². The molecule has 0 aromatic heterocycles. The molecule has 0 aliphatic rings. The van der Waals surface area contributed by atoms with E-state index in [1.165, 1.54) is 13.0 Å². The molecule has 68 valence electrons. The maximum absolute atomic E-state index is 10.6. The summed E-state index contributed by atoms with van der Waals surface area (Å²) in [6, 6.07) is 5.05. The van der Waals surface area contributed by atoms with Crippen molar-refractivity contribution in [1.82, 2.24) is 0 Å². The molecule has 0 saturated carbocycles. The molecule has 0 bridgehead atoms. The first kappa shape index (κ1) is 9.99. The zero-order valence-electron chi connectivity index (χ0n) is 7.12. The fraction of sp³-hybridized carbons (Fsp3) is 0.100. The third-order valence-electron chi connectivity index (χ3n) is 1.49. The molecule has 1 rings (SSSR count). The smallest absolute Gasteiger partial charge is 0.152 e. The maximum Gasteiger partial charge on any atom is 0.152 e. The van der Waals surface area contributed by atoms with Crippen LogP contribution in [0.15, 0.2) is 28.7 Å². The van der Waals surface area contributed by atoms with Gasteiger partial charge in [-0.25, -0.2) is 0 Å². The number of ketones is 1. The SMILES string of the molecule is CC(=O)/C=C/c1cc(Br)ccc1O. The van der Waals surface area contributed by atoms with Crippen LogP contribution in [-0.2, 0) is 4.79 Å². The highest BCUT2D eigenvalue weighted by atomic mass is 79.9. The van der Waals surface area contributed by atoms with Gasteiger partial charge in [0.2, 0.25) is 0 Å². The van der Waals surface area contributed by atoms with Crippen molar-refractivity contribution in [3.05, 3.63) is 34.3 Å².